The van der Waals surface area contributed by atoms with E-state index in [9.17, 15) is 18.4 Å². The molecular formula is C18H23F2N3O3. The van der Waals surface area contributed by atoms with Gasteiger partial charge in [-0.25, -0.2) is 8.78 Å². The fraction of sp³-hybridized carbons (Fsp3) is 0.556. The van der Waals surface area contributed by atoms with Crippen LogP contribution in [-0.4, -0.2) is 73.6 Å². The number of nitrogens with one attached hydrogen (secondary N) is 1. The van der Waals surface area contributed by atoms with Crippen LogP contribution < -0.4 is 5.32 Å². The molecule has 6 nitrogen and oxygen atoms in total. The highest BCUT2D eigenvalue weighted by atomic mass is 19.1. The Morgan fingerprint density at radius 1 is 1.08 bits per heavy atom. The molecule has 0 radical (unpaired) electrons. The Morgan fingerprint density at radius 3 is 2.27 bits per heavy atom. The lowest BCUT2D eigenvalue weighted by atomic mass is 9.90. The zero-order valence-corrected chi connectivity index (χ0v) is 14.8. The molecule has 2 amide bonds. The lowest BCUT2D eigenvalue weighted by Gasteiger charge is -2.42. The zero-order valence-electron chi connectivity index (χ0n) is 14.8. The first-order chi connectivity index (χ1) is 12.5. The normalized spacial score (nSPS) is 20.1. The van der Waals surface area contributed by atoms with Crippen molar-refractivity contribution in [3.8, 4) is 0 Å². The molecule has 1 aromatic rings. The molecular weight excluding hydrogens is 344 g/mol. The highest BCUT2D eigenvalue weighted by Crippen LogP contribution is 2.26. The van der Waals surface area contributed by atoms with E-state index >= 15 is 0 Å². The number of piperidine rings is 1. The summed E-state index contributed by atoms with van der Waals surface area (Å²) in [4.78, 5) is 28.6. The van der Waals surface area contributed by atoms with Gasteiger partial charge in [0.15, 0.2) is 0 Å². The second kappa shape index (κ2) is 7.67. The number of hydrogen-bond acceptors (Lipinski definition) is 4. The maximum absolute atomic E-state index is 13.8. The molecule has 2 saturated heterocycles. The lowest BCUT2D eigenvalue weighted by molar-refractivity contribution is -0.159. The summed E-state index contributed by atoms with van der Waals surface area (Å²) in [7, 11) is 1.56. The van der Waals surface area contributed by atoms with Crippen LogP contribution in [0.25, 0.3) is 0 Å². The summed E-state index contributed by atoms with van der Waals surface area (Å²) >= 11 is 0. The zero-order chi connectivity index (χ0) is 18.7. The van der Waals surface area contributed by atoms with Gasteiger partial charge in [-0.2, -0.15) is 0 Å². The Bertz CT molecular complexity index is 684. The van der Waals surface area contributed by atoms with Gasteiger partial charge in [0.1, 0.15) is 17.2 Å². The first-order valence-corrected chi connectivity index (χ1v) is 8.76. The SMILES string of the molecule is COC1(C(=O)N2CCN(C(=O)c3ccc(F)cc3F)CC2)CCNCC1. The molecule has 1 N–H and O–H groups in total. The molecule has 0 bridgehead atoms. The van der Waals surface area contributed by atoms with Crippen molar-refractivity contribution in [2.45, 2.75) is 18.4 Å². The van der Waals surface area contributed by atoms with Crippen molar-refractivity contribution in [2.75, 3.05) is 46.4 Å². The monoisotopic (exact) mass is 367 g/mol. The highest BCUT2D eigenvalue weighted by Gasteiger charge is 2.43. The molecule has 8 heteroatoms. The number of piperazine rings is 1. The van der Waals surface area contributed by atoms with E-state index in [0.29, 0.717) is 45.1 Å². The van der Waals surface area contributed by atoms with E-state index in [-0.39, 0.29) is 11.5 Å². The number of nitrogens with zero attached hydrogens (tertiary/aromatic N) is 2. The fourth-order valence-corrected chi connectivity index (χ4v) is 3.57. The Morgan fingerprint density at radius 2 is 1.69 bits per heavy atom. The molecule has 0 spiro atoms. The lowest BCUT2D eigenvalue weighted by Crippen LogP contribution is -2.59. The van der Waals surface area contributed by atoms with Crippen molar-refractivity contribution in [1.29, 1.82) is 0 Å². The molecule has 142 valence electrons. The van der Waals surface area contributed by atoms with Crippen molar-refractivity contribution in [2.24, 2.45) is 0 Å². The Kier molecular flexibility index (Phi) is 5.52. The van der Waals surface area contributed by atoms with Crippen LogP contribution in [0.5, 0.6) is 0 Å². The van der Waals surface area contributed by atoms with Gasteiger partial charge in [0, 0.05) is 39.4 Å². The molecule has 2 fully saturated rings. The summed E-state index contributed by atoms with van der Waals surface area (Å²) in [5.41, 5.74) is -0.960. The van der Waals surface area contributed by atoms with Gasteiger partial charge in [0.05, 0.1) is 5.56 Å². The Labute approximate surface area is 151 Å². The van der Waals surface area contributed by atoms with Crippen molar-refractivity contribution in [3.63, 3.8) is 0 Å². The Balaban J connectivity index is 1.63. The van der Waals surface area contributed by atoms with Crippen molar-refractivity contribution >= 4 is 11.8 Å². The molecule has 1 aromatic carbocycles. The van der Waals surface area contributed by atoms with Gasteiger partial charge in [0.25, 0.3) is 11.8 Å². The van der Waals surface area contributed by atoms with Gasteiger partial charge in [-0.05, 0) is 38.1 Å². The minimum absolute atomic E-state index is 0.0541. The van der Waals surface area contributed by atoms with Crippen LogP contribution in [0.15, 0.2) is 18.2 Å². The molecule has 0 aliphatic carbocycles. The largest absolute Gasteiger partial charge is 0.368 e. The van der Waals surface area contributed by atoms with Crippen molar-refractivity contribution in [3.05, 3.63) is 35.4 Å². The molecule has 0 atom stereocenters. The van der Waals surface area contributed by atoms with E-state index in [1.165, 1.54) is 4.90 Å². The predicted molar refractivity (Wildman–Crippen MR) is 90.7 cm³/mol. The summed E-state index contributed by atoms with van der Waals surface area (Å²) in [6.45, 7) is 2.79. The topological polar surface area (TPSA) is 61.9 Å². The van der Waals surface area contributed by atoms with E-state index in [1.807, 2.05) is 0 Å². The minimum atomic E-state index is -0.874. The average Bonchev–Trinajstić information content (AvgIpc) is 2.67. The number of halogens is 2. The number of rotatable bonds is 3. The quantitative estimate of drug-likeness (QED) is 0.867. The summed E-state index contributed by atoms with van der Waals surface area (Å²) in [5.74, 6) is -2.14. The number of carbonyl (C=O) groups excluding carboxylic acids is 2. The first-order valence-electron chi connectivity index (χ1n) is 8.76. The number of benzene rings is 1. The van der Waals surface area contributed by atoms with E-state index in [4.69, 9.17) is 4.74 Å². The highest BCUT2D eigenvalue weighted by molar-refractivity contribution is 5.94. The van der Waals surface area contributed by atoms with Crippen LogP contribution in [0.1, 0.15) is 23.2 Å². The van der Waals surface area contributed by atoms with Crippen LogP contribution >= 0.6 is 0 Å². The van der Waals surface area contributed by atoms with E-state index in [2.05, 4.69) is 5.32 Å². The van der Waals surface area contributed by atoms with Gasteiger partial charge in [0.2, 0.25) is 0 Å². The second-order valence-corrected chi connectivity index (χ2v) is 6.66. The van der Waals surface area contributed by atoms with Crippen LogP contribution in [0.3, 0.4) is 0 Å². The minimum Gasteiger partial charge on any atom is -0.368 e. The molecule has 2 aliphatic heterocycles. The molecule has 26 heavy (non-hydrogen) atoms. The van der Waals surface area contributed by atoms with Crippen LogP contribution in [-0.2, 0) is 9.53 Å². The summed E-state index contributed by atoms with van der Waals surface area (Å²) < 4.78 is 32.4. The van der Waals surface area contributed by atoms with Gasteiger partial charge in [-0.3, -0.25) is 9.59 Å². The predicted octanol–water partition coefficient (Wildman–Crippen LogP) is 1.02. The molecule has 2 aliphatic rings. The van der Waals surface area contributed by atoms with Crippen LogP contribution in [0, 0.1) is 11.6 Å². The summed E-state index contributed by atoms with van der Waals surface area (Å²) in [5, 5.41) is 3.22. The molecule has 2 heterocycles. The first kappa shape index (κ1) is 18.7. The molecule has 0 unspecified atom stereocenters. The maximum atomic E-state index is 13.8. The number of methoxy groups -OCH3 is 1. The smallest absolute Gasteiger partial charge is 0.256 e. The number of ether oxygens (including phenoxy) is 1. The number of amides is 2. The van der Waals surface area contributed by atoms with Crippen LogP contribution in [0.4, 0.5) is 8.78 Å². The maximum Gasteiger partial charge on any atom is 0.256 e. The fourth-order valence-electron chi connectivity index (χ4n) is 3.57. The average molecular weight is 367 g/mol. The third-order valence-electron chi connectivity index (χ3n) is 5.21. The van der Waals surface area contributed by atoms with E-state index < -0.39 is 23.1 Å². The molecule has 0 saturated carbocycles. The number of carbonyl (C=O) groups is 2. The standard InChI is InChI=1S/C18H23F2N3O3/c1-26-18(4-6-21-7-5-18)17(25)23-10-8-22(9-11-23)16(24)14-3-2-13(19)12-15(14)20/h2-3,12,21H,4-11H2,1H3. The number of hydrogen-bond donors (Lipinski definition) is 1. The van der Waals surface area contributed by atoms with Crippen molar-refractivity contribution in [1.82, 2.24) is 15.1 Å². The van der Waals surface area contributed by atoms with E-state index in [0.717, 1.165) is 25.2 Å². The van der Waals surface area contributed by atoms with Crippen LogP contribution in [0.2, 0.25) is 0 Å². The van der Waals surface area contributed by atoms with E-state index in [1.54, 1.807) is 12.0 Å². The van der Waals surface area contributed by atoms with Gasteiger partial charge < -0.3 is 19.9 Å². The third-order valence-corrected chi connectivity index (χ3v) is 5.21. The second-order valence-electron chi connectivity index (χ2n) is 6.66. The molecule has 0 aromatic heterocycles. The van der Waals surface area contributed by atoms with Gasteiger partial charge in [-0.15, -0.1) is 0 Å². The summed E-state index contributed by atoms with van der Waals surface area (Å²) in [6.07, 6.45) is 1.23. The third kappa shape index (κ3) is 3.57. The van der Waals surface area contributed by atoms with Gasteiger partial charge >= 0.3 is 0 Å². The van der Waals surface area contributed by atoms with Gasteiger partial charge in [-0.1, -0.05) is 0 Å². The van der Waals surface area contributed by atoms with Crippen molar-refractivity contribution < 1.29 is 23.1 Å². The molecule has 3 rings (SSSR count). The Hall–Kier alpha value is -2.06. The summed E-state index contributed by atoms with van der Waals surface area (Å²) in [6, 6.07) is 2.92.